The molecule has 162 valence electrons. The summed E-state index contributed by atoms with van der Waals surface area (Å²) in [4.78, 5) is 24.2. The molecule has 0 unspecified atom stereocenters. The molecular formula is C20H22F2N2O5S. The Bertz CT molecular complexity index is 1030. The summed E-state index contributed by atoms with van der Waals surface area (Å²) in [6.07, 6.45) is 0.982. The van der Waals surface area contributed by atoms with Crippen LogP contribution in [0.5, 0.6) is 0 Å². The van der Waals surface area contributed by atoms with Gasteiger partial charge in [0, 0.05) is 19.0 Å². The van der Waals surface area contributed by atoms with Crippen LogP contribution in [-0.4, -0.2) is 39.7 Å². The summed E-state index contributed by atoms with van der Waals surface area (Å²) in [5.74, 6) is -3.28. The van der Waals surface area contributed by atoms with Gasteiger partial charge in [-0.3, -0.25) is 9.10 Å². The van der Waals surface area contributed by atoms with Crippen LogP contribution < -0.4 is 9.62 Å². The van der Waals surface area contributed by atoms with E-state index in [0.717, 1.165) is 28.8 Å². The summed E-state index contributed by atoms with van der Waals surface area (Å²) in [6.45, 7) is 1.74. The number of carbonyl (C=O) groups excluding carboxylic acids is 2. The predicted octanol–water partition coefficient (Wildman–Crippen LogP) is 3.33. The highest BCUT2D eigenvalue weighted by molar-refractivity contribution is 7.92. The summed E-state index contributed by atoms with van der Waals surface area (Å²) >= 11 is 0. The lowest BCUT2D eigenvalue weighted by atomic mass is 10.1. The van der Waals surface area contributed by atoms with Crippen molar-refractivity contribution in [3.63, 3.8) is 0 Å². The van der Waals surface area contributed by atoms with E-state index in [-0.39, 0.29) is 42.9 Å². The first kappa shape index (κ1) is 23.3. The molecule has 0 aliphatic heterocycles. The van der Waals surface area contributed by atoms with Crippen LogP contribution in [0.25, 0.3) is 0 Å². The minimum atomic E-state index is -3.78. The van der Waals surface area contributed by atoms with Crippen LogP contribution in [0.15, 0.2) is 42.5 Å². The number of sulfonamides is 1. The molecule has 0 aromatic heterocycles. The standard InChI is InChI=1S/C20H22F2N2O5S/c1-3-29-20(26)15-7-4-5-8-18(15)23-19(25)9-6-12-24(30(2,27)28)14-10-11-16(21)17(22)13-14/h4-5,7-8,10-11,13H,3,6,9,12H2,1-2H3,(H,23,25). The highest BCUT2D eigenvalue weighted by Crippen LogP contribution is 2.21. The van der Waals surface area contributed by atoms with Gasteiger partial charge in [0.25, 0.3) is 0 Å². The highest BCUT2D eigenvalue weighted by atomic mass is 32.2. The van der Waals surface area contributed by atoms with E-state index >= 15 is 0 Å². The van der Waals surface area contributed by atoms with Gasteiger partial charge in [0.1, 0.15) is 0 Å². The van der Waals surface area contributed by atoms with E-state index in [9.17, 15) is 26.8 Å². The van der Waals surface area contributed by atoms with Gasteiger partial charge in [-0.2, -0.15) is 0 Å². The molecule has 0 bridgehead atoms. The molecule has 0 spiro atoms. The number of hydrogen-bond donors (Lipinski definition) is 1. The number of hydrogen-bond acceptors (Lipinski definition) is 5. The predicted molar refractivity (Wildman–Crippen MR) is 109 cm³/mol. The Kier molecular flexibility index (Phi) is 7.87. The van der Waals surface area contributed by atoms with Crippen LogP contribution in [0.1, 0.15) is 30.1 Å². The maximum atomic E-state index is 13.5. The number of nitrogens with one attached hydrogen (secondary N) is 1. The van der Waals surface area contributed by atoms with Crippen LogP contribution in [0.4, 0.5) is 20.2 Å². The zero-order chi connectivity index (χ0) is 22.3. The van der Waals surface area contributed by atoms with Crippen LogP contribution in [0.2, 0.25) is 0 Å². The number of rotatable bonds is 9. The smallest absolute Gasteiger partial charge is 0.340 e. The Labute approximate surface area is 173 Å². The lowest BCUT2D eigenvalue weighted by Gasteiger charge is -2.22. The van der Waals surface area contributed by atoms with E-state index in [4.69, 9.17) is 4.74 Å². The molecule has 30 heavy (non-hydrogen) atoms. The largest absolute Gasteiger partial charge is 0.462 e. The first-order valence-electron chi connectivity index (χ1n) is 9.12. The molecule has 0 radical (unpaired) electrons. The van der Waals surface area contributed by atoms with Crippen molar-refractivity contribution in [2.75, 3.05) is 29.0 Å². The normalized spacial score (nSPS) is 11.1. The monoisotopic (exact) mass is 440 g/mol. The Morgan fingerprint density at radius 3 is 2.43 bits per heavy atom. The third-order valence-electron chi connectivity index (χ3n) is 4.05. The van der Waals surface area contributed by atoms with Crippen molar-refractivity contribution in [2.24, 2.45) is 0 Å². The summed E-state index contributed by atoms with van der Waals surface area (Å²) in [6, 6.07) is 9.11. The maximum Gasteiger partial charge on any atom is 0.340 e. The van der Waals surface area contributed by atoms with Gasteiger partial charge in [0.2, 0.25) is 15.9 Å². The molecular weight excluding hydrogens is 418 g/mol. The third kappa shape index (κ3) is 6.24. The van der Waals surface area contributed by atoms with Crippen LogP contribution in [0.3, 0.4) is 0 Å². The molecule has 0 atom stereocenters. The van der Waals surface area contributed by atoms with E-state index in [1.54, 1.807) is 25.1 Å². The molecule has 0 aliphatic rings. The number of nitrogens with zero attached hydrogens (tertiary/aromatic N) is 1. The van der Waals surface area contributed by atoms with Crippen molar-refractivity contribution >= 4 is 33.3 Å². The lowest BCUT2D eigenvalue weighted by molar-refractivity contribution is -0.116. The number of esters is 1. The van der Waals surface area contributed by atoms with Crippen LogP contribution >= 0.6 is 0 Å². The van der Waals surface area contributed by atoms with Gasteiger partial charge in [0.05, 0.1) is 29.8 Å². The Morgan fingerprint density at radius 2 is 1.80 bits per heavy atom. The molecule has 0 saturated heterocycles. The second-order valence-corrected chi connectivity index (χ2v) is 8.26. The van der Waals surface area contributed by atoms with Crippen molar-refractivity contribution in [3.8, 4) is 0 Å². The second kappa shape index (κ2) is 10.1. The van der Waals surface area contributed by atoms with Crippen molar-refractivity contribution < 1.29 is 31.5 Å². The minimum Gasteiger partial charge on any atom is -0.462 e. The molecule has 0 fully saturated rings. The van der Waals surface area contributed by atoms with Gasteiger partial charge in [0.15, 0.2) is 11.6 Å². The molecule has 1 amide bonds. The number of carbonyl (C=O) groups is 2. The molecule has 1 N–H and O–H groups in total. The quantitative estimate of drug-likeness (QED) is 0.604. The van der Waals surface area contributed by atoms with Gasteiger partial charge in [-0.15, -0.1) is 0 Å². The van der Waals surface area contributed by atoms with Gasteiger partial charge in [-0.05, 0) is 37.6 Å². The minimum absolute atomic E-state index is 0.0375. The number of amides is 1. The summed E-state index contributed by atoms with van der Waals surface area (Å²) in [7, 11) is -3.78. The molecule has 2 rings (SSSR count). The highest BCUT2D eigenvalue weighted by Gasteiger charge is 2.20. The van der Waals surface area contributed by atoms with Gasteiger partial charge >= 0.3 is 5.97 Å². The lowest BCUT2D eigenvalue weighted by Crippen LogP contribution is -2.31. The fraction of sp³-hybridized carbons (Fsp3) is 0.300. The molecule has 7 nitrogen and oxygen atoms in total. The maximum absolute atomic E-state index is 13.5. The number of benzene rings is 2. The van der Waals surface area contributed by atoms with Crippen molar-refractivity contribution in [1.29, 1.82) is 0 Å². The molecule has 0 saturated carbocycles. The van der Waals surface area contributed by atoms with E-state index < -0.39 is 33.5 Å². The number of halogens is 2. The third-order valence-corrected chi connectivity index (χ3v) is 5.25. The second-order valence-electron chi connectivity index (χ2n) is 6.35. The molecule has 2 aromatic rings. The zero-order valence-electron chi connectivity index (χ0n) is 16.5. The number of anilines is 2. The first-order valence-corrected chi connectivity index (χ1v) is 11.0. The molecule has 10 heteroatoms. The van der Waals surface area contributed by atoms with Crippen LogP contribution in [0, 0.1) is 11.6 Å². The first-order chi connectivity index (χ1) is 14.1. The van der Waals surface area contributed by atoms with Crippen molar-refractivity contribution in [1.82, 2.24) is 0 Å². The van der Waals surface area contributed by atoms with Crippen molar-refractivity contribution in [2.45, 2.75) is 19.8 Å². The fourth-order valence-corrected chi connectivity index (χ4v) is 3.66. The summed E-state index contributed by atoms with van der Waals surface area (Å²) in [5, 5.41) is 2.60. The van der Waals surface area contributed by atoms with Gasteiger partial charge in [-0.1, -0.05) is 12.1 Å². The van der Waals surface area contributed by atoms with E-state index in [0.29, 0.717) is 0 Å². The zero-order valence-corrected chi connectivity index (χ0v) is 17.3. The van der Waals surface area contributed by atoms with E-state index in [1.165, 1.54) is 6.07 Å². The Morgan fingerprint density at radius 1 is 1.10 bits per heavy atom. The molecule has 0 aliphatic carbocycles. The average molecular weight is 440 g/mol. The summed E-state index contributed by atoms with van der Waals surface area (Å²) < 4.78 is 56.5. The SMILES string of the molecule is CCOC(=O)c1ccccc1NC(=O)CCCN(c1ccc(F)c(F)c1)S(C)(=O)=O. The number of ether oxygens (including phenoxy) is 1. The Balaban J connectivity index is 2.03. The molecule has 2 aromatic carbocycles. The average Bonchev–Trinajstić information content (AvgIpc) is 2.67. The fourth-order valence-electron chi connectivity index (χ4n) is 2.70. The van der Waals surface area contributed by atoms with Gasteiger partial charge in [-0.25, -0.2) is 22.0 Å². The Hall–Kier alpha value is -3.01. The van der Waals surface area contributed by atoms with Crippen molar-refractivity contribution in [3.05, 3.63) is 59.7 Å². The summed E-state index contributed by atoms with van der Waals surface area (Å²) in [5.41, 5.74) is 0.443. The van der Waals surface area contributed by atoms with Crippen LogP contribution in [-0.2, 0) is 19.6 Å². The van der Waals surface area contributed by atoms with E-state index in [1.807, 2.05) is 0 Å². The molecule has 0 heterocycles. The topological polar surface area (TPSA) is 92.8 Å². The van der Waals surface area contributed by atoms with Gasteiger partial charge < -0.3 is 10.1 Å². The number of para-hydroxylation sites is 1. The van der Waals surface area contributed by atoms with E-state index in [2.05, 4.69) is 5.32 Å².